The van der Waals surface area contributed by atoms with Crippen LogP contribution >= 0.6 is 11.6 Å². The van der Waals surface area contributed by atoms with E-state index < -0.39 is 20.9 Å². The smallest absolute Gasteiger partial charge is 0.288 e. The molecule has 148 valence electrons. The van der Waals surface area contributed by atoms with Crippen molar-refractivity contribution in [2.24, 2.45) is 0 Å². The second-order valence-corrected chi connectivity index (χ2v) is 8.08. The number of hydrogen-bond donors (Lipinski definition) is 2. The number of halogens is 1. The van der Waals surface area contributed by atoms with E-state index in [1.807, 2.05) is 0 Å². The molecule has 0 radical (unpaired) electrons. The zero-order chi connectivity index (χ0) is 20.7. The van der Waals surface area contributed by atoms with E-state index in [0.29, 0.717) is 16.7 Å². The Hall–Kier alpha value is -2.75. The average Bonchev–Trinajstić information content (AvgIpc) is 2.66. The van der Waals surface area contributed by atoms with Crippen molar-refractivity contribution in [2.75, 3.05) is 7.05 Å². The van der Waals surface area contributed by atoms with Gasteiger partial charge in [0, 0.05) is 18.7 Å². The molecule has 2 aromatic rings. The second kappa shape index (κ2) is 9.45. The third-order valence-electron chi connectivity index (χ3n) is 3.82. The summed E-state index contributed by atoms with van der Waals surface area (Å²) in [7, 11) is -2.10. The van der Waals surface area contributed by atoms with E-state index in [2.05, 4.69) is 10.0 Å². The zero-order valence-electron chi connectivity index (χ0n) is 14.9. The first kappa shape index (κ1) is 21.5. The molecule has 0 saturated heterocycles. The molecule has 0 saturated carbocycles. The molecule has 0 aliphatic carbocycles. The Bertz CT molecular complexity index is 1020. The van der Waals surface area contributed by atoms with Crippen molar-refractivity contribution in [3.63, 3.8) is 0 Å². The highest BCUT2D eigenvalue weighted by atomic mass is 35.5. The van der Waals surface area contributed by atoms with Gasteiger partial charge in [-0.05, 0) is 35.9 Å². The molecule has 1 amide bonds. The number of rotatable bonds is 8. The maximum Gasteiger partial charge on any atom is 0.288 e. The quantitative estimate of drug-likeness (QED) is 0.384. The maximum absolute atomic E-state index is 12.0. The minimum atomic E-state index is -3.44. The molecule has 8 nitrogen and oxygen atoms in total. The number of nitro groups is 1. The van der Waals surface area contributed by atoms with Gasteiger partial charge in [-0.1, -0.05) is 41.9 Å². The van der Waals surface area contributed by atoms with Crippen molar-refractivity contribution in [3.05, 3.63) is 80.4 Å². The fourth-order valence-electron chi connectivity index (χ4n) is 2.33. The van der Waals surface area contributed by atoms with Crippen LogP contribution in [0.4, 0.5) is 5.69 Å². The Morgan fingerprint density at radius 2 is 1.89 bits per heavy atom. The lowest BCUT2D eigenvalue weighted by Gasteiger charge is -2.10. The molecular weight excluding hydrogens is 406 g/mol. The summed E-state index contributed by atoms with van der Waals surface area (Å²) in [6.45, 7) is 0.138. The number of hydrogen-bond acceptors (Lipinski definition) is 5. The topological polar surface area (TPSA) is 118 Å². The summed E-state index contributed by atoms with van der Waals surface area (Å²) >= 11 is 5.75. The van der Waals surface area contributed by atoms with Gasteiger partial charge in [0.1, 0.15) is 5.02 Å². The highest BCUT2D eigenvalue weighted by Crippen LogP contribution is 2.25. The van der Waals surface area contributed by atoms with E-state index in [-0.39, 0.29) is 23.0 Å². The molecule has 0 heterocycles. The number of benzene rings is 2. The van der Waals surface area contributed by atoms with Gasteiger partial charge in [-0.15, -0.1) is 0 Å². The Kier molecular flexibility index (Phi) is 7.27. The van der Waals surface area contributed by atoms with E-state index in [1.54, 1.807) is 30.3 Å². The molecule has 0 aromatic heterocycles. The van der Waals surface area contributed by atoms with E-state index in [9.17, 15) is 23.3 Å². The third-order valence-corrected chi connectivity index (χ3v) is 5.45. The maximum atomic E-state index is 12.0. The average molecular weight is 424 g/mol. The number of amides is 1. The molecule has 0 unspecified atom stereocenters. The lowest BCUT2D eigenvalue weighted by molar-refractivity contribution is -0.384. The van der Waals surface area contributed by atoms with Crippen molar-refractivity contribution < 1.29 is 18.1 Å². The van der Waals surface area contributed by atoms with Crippen LogP contribution in [-0.2, 0) is 27.1 Å². The molecule has 10 heteroatoms. The highest BCUT2D eigenvalue weighted by molar-refractivity contribution is 7.88. The van der Waals surface area contributed by atoms with Gasteiger partial charge in [-0.25, -0.2) is 13.1 Å². The predicted octanol–water partition coefficient (Wildman–Crippen LogP) is 2.63. The van der Waals surface area contributed by atoms with Gasteiger partial charge < -0.3 is 5.32 Å². The SMILES string of the molecule is CNS(=O)(=O)Cc1ccccc1CNC(=O)/C=C/c1ccc(Cl)c([N+](=O)[O-])c1. The van der Waals surface area contributed by atoms with Crippen LogP contribution in [0.2, 0.25) is 5.02 Å². The van der Waals surface area contributed by atoms with Crippen molar-refractivity contribution in [3.8, 4) is 0 Å². The molecule has 0 bridgehead atoms. The minimum absolute atomic E-state index is 0.0136. The summed E-state index contributed by atoms with van der Waals surface area (Å²) in [6, 6.07) is 11.1. The van der Waals surface area contributed by atoms with Crippen molar-refractivity contribution in [1.29, 1.82) is 0 Å². The zero-order valence-corrected chi connectivity index (χ0v) is 16.5. The fourth-order valence-corrected chi connectivity index (χ4v) is 3.36. The summed E-state index contributed by atoms with van der Waals surface area (Å²) in [5, 5.41) is 13.6. The first-order chi connectivity index (χ1) is 13.2. The summed E-state index contributed by atoms with van der Waals surface area (Å²) in [5.74, 6) is -0.622. The van der Waals surface area contributed by atoms with Crippen LogP contribution in [0.5, 0.6) is 0 Å². The molecule has 0 atom stereocenters. The Morgan fingerprint density at radius 3 is 2.54 bits per heavy atom. The molecule has 0 aliphatic heterocycles. The van der Waals surface area contributed by atoms with Crippen LogP contribution in [0, 0.1) is 10.1 Å². The van der Waals surface area contributed by atoms with Crippen LogP contribution in [0.1, 0.15) is 16.7 Å². The summed E-state index contributed by atoms with van der Waals surface area (Å²) in [5.41, 5.74) is 1.45. The van der Waals surface area contributed by atoms with Gasteiger partial charge in [0.2, 0.25) is 15.9 Å². The second-order valence-electron chi connectivity index (χ2n) is 5.75. The van der Waals surface area contributed by atoms with E-state index >= 15 is 0 Å². The van der Waals surface area contributed by atoms with Gasteiger partial charge in [0.05, 0.1) is 10.7 Å². The van der Waals surface area contributed by atoms with Crippen molar-refractivity contribution >= 4 is 39.3 Å². The molecule has 0 spiro atoms. The highest BCUT2D eigenvalue weighted by Gasteiger charge is 2.13. The Labute approximate surface area is 167 Å². The molecule has 2 N–H and O–H groups in total. The molecule has 2 aromatic carbocycles. The van der Waals surface area contributed by atoms with Gasteiger partial charge in [0.25, 0.3) is 5.69 Å². The molecule has 2 rings (SSSR count). The number of nitrogens with one attached hydrogen (secondary N) is 2. The predicted molar refractivity (Wildman–Crippen MR) is 107 cm³/mol. The number of nitrogens with zero attached hydrogens (tertiary/aromatic N) is 1. The van der Waals surface area contributed by atoms with Gasteiger partial charge >= 0.3 is 0 Å². The molecule has 0 aliphatic rings. The number of carbonyl (C=O) groups is 1. The summed E-state index contributed by atoms with van der Waals surface area (Å²) < 4.78 is 25.8. The van der Waals surface area contributed by atoms with Crippen LogP contribution in [-0.4, -0.2) is 26.3 Å². The largest absolute Gasteiger partial charge is 0.348 e. The van der Waals surface area contributed by atoms with Crippen LogP contribution in [0.3, 0.4) is 0 Å². The van der Waals surface area contributed by atoms with E-state index in [1.165, 1.54) is 31.3 Å². The summed E-state index contributed by atoms with van der Waals surface area (Å²) in [4.78, 5) is 22.3. The van der Waals surface area contributed by atoms with Crippen LogP contribution in [0.15, 0.2) is 48.5 Å². The summed E-state index contributed by atoms with van der Waals surface area (Å²) in [6.07, 6.45) is 2.66. The molecular formula is C18H18ClN3O5S. The lowest BCUT2D eigenvalue weighted by atomic mass is 10.1. The lowest BCUT2D eigenvalue weighted by Crippen LogP contribution is -2.24. The van der Waals surface area contributed by atoms with E-state index in [0.717, 1.165) is 0 Å². The normalized spacial score (nSPS) is 11.5. The Balaban J connectivity index is 2.05. The minimum Gasteiger partial charge on any atom is -0.348 e. The van der Waals surface area contributed by atoms with E-state index in [4.69, 9.17) is 11.6 Å². The molecule has 28 heavy (non-hydrogen) atoms. The number of sulfonamides is 1. The van der Waals surface area contributed by atoms with Crippen molar-refractivity contribution in [1.82, 2.24) is 10.0 Å². The first-order valence-corrected chi connectivity index (χ1v) is 10.1. The number of carbonyl (C=O) groups excluding carboxylic acids is 1. The Morgan fingerprint density at radius 1 is 1.21 bits per heavy atom. The van der Waals surface area contributed by atoms with Crippen molar-refractivity contribution in [2.45, 2.75) is 12.3 Å². The van der Waals surface area contributed by atoms with Crippen LogP contribution in [0.25, 0.3) is 6.08 Å². The van der Waals surface area contributed by atoms with Crippen LogP contribution < -0.4 is 10.0 Å². The fraction of sp³-hybridized carbons (Fsp3) is 0.167. The van der Waals surface area contributed by atoms with Gasteiger partial charge in [-0.3, -0.25) is 14.9 Å². The van der Waals surface area contributed by atoms with Gasteiger partial charge in [-0.2, -0.15) is 0 Å². The third kappa shape index (κ3) is 6.15. The first-order valence-electron chi connectivity index (χ1n) is 8.09. The standard InChI is InChI=1S/C18H18ClN3O5S/c1-20-28(26,27)12-15-5-3-2-4-14(15)11-21-18(23)9-7-13-6-8-16(19)17(10-13)22(24)25/h2-10,20H,11-12H2,1H3,(H,21,23)/b9-7+. The molecule has 0 fully saturated rings. The number of nitro benzene ring substituents is 1. The monoisotopic (exact) mass is 423 g/mol. The van der Waals surface area contributed by atoms with Gasteiger partial charge in [0.15, 0.2) is 0 Å².